The summed E-state index contributed by atoms with van der Waals surface area (Å²) in [7, 11) is -1.96. The maximum atomic E-state index is 13.2. The molecule has 2 rings (SSSR count). The van der Waals surface area contributed by atoms with Gasteiger partial charge in [-0.25, -0.2) is 17.5 Å². The van der Waals surface area contributed by atoms with Crippen molar-refractivity contribution in [3.05, 3.63) is 53.3 Å². The molecular formula is C19H22FN3O3S. The Labute approximate surface area is 158 Å². The van der Waals surface area contributed by atoms with Crippen LogP contribution in [0, 0.1) is 5.82 Å². The molecule has 0 spiro atoms. The van der Waals surface area contributed by atoms with Gasteiger partial charge >= 0.3 is 0 Å². The molecule has 0 fully saturated rings. The lowest BCUT2D eigenvalue weighted by molar-refractivity contribution is -0.117. The molecule has 1 amide bonds. The first-order valence-electron chi connectivity index (χ1n) is 8.29. The predicted molar refractivity (Wildman–Crippen MR) is 105 cm³/mol. The zero-order chi connectivity index (χ0) is 20.2. The third-order valence-electron chi connectivity index (χ3n) is 3.89. The molecule has 8 heteroatoms. The van der Waals surface area contributed by atoms with Crippen molar-refractivity contribution in [2.24, 2.45) is 0 Å². The summed E-state index contributed by atoms with van der Waals surface area (Å²) in [5.74, 6) is -0.995. The quantitative estimate of drug-likeness (QED) is 0.818. The maximum absolute atomic E-state index is 13.2. The zero-order valence-electron chi connectivity index (χ0n) is 15.6. The molecule has 6 nitrogen and oxygen atoms in total. The van der Waals surface area contributed by atoms with Crippen molar-refractivity contribution in [3.8, 4) is 11.3 Å². The summed E-state index contributed by atoms with van der Waals surface area (Å²) >= 11 is 0. The molecule has 0 radical (unpaired) electrons. The molecular weight excluding hydrogens is 369 g/mol. The number of nitrogens with zero attached hydrogens (tertiary/aromatic N) is 2. The minimum atomic E-state index is -3.86. The van der Waals surface area contributed by atoms with Gasteiger partial charge in [-0.2, -0.15) is 0 Å². The smallest absolute Gasteiger partial charge is 0.257 e. The number of nitrogens with one attached hydrogen (secondary N) is 1. The number of anilines is 1. The van der Waals surface area contributed by atoms with Crippen LogP contribution in [0.15, 0.2) is 41.9 Å². The first-order valence-corrected chi connectivity index (χ1v) is 9.84. The highest BCUT2D eigenvalue weighted by Gasteiger charge is 2.14. The van der Waals surface area contributed by atoms with Crippen LogP contribution in [0.4, 0.5) is 10.1 Å². The minimum absolute atomic E-state index is 0.161. The zero-order valence-corrected chi connectivity index (χ0v) is 16.4. The van der Waals surface area contributed by atoms with Crippen molar-refractivity contribution in [1.29, 1.82) is 0 Å². The average Bonchev–Trinajstić information content (AvgIpc) is 2.59. The fourth-order valence-electron chi connectivity index (χ4n) is 2.34. The second-order valence-electron chi connectivity index (χ2n) is 6.35. The number of carbonyl (C=O) groups is 1. The van der Waals surface area contributed by atoms with E-state index in [4.69, 9.17) is 0 Å². The third-order valence-corrected chi connectivity index (χ3v) is 4.95. The monoisotopic (exact) mass is 391 g/mol. The van der Waals surface area contributed by atoms with Gasteiger partial charge in [0.2, 0.25) is 5.91 Å². The van der Waals surface area contributed by atoms with Crippen LogP contribution < -0.4 is 9.62 Å². The SMILES string of the molecule is CC(=O)NS(=O)(=O)C=Cc1cnc(-c2ccc(F)cc2)c(N(C)C(C)C)c1. The highest BCUT2D eigenvalue weighted by Crippen LogP contribution is 2.30. The average molecular weight is 391 g/mol. The summed E-state index contributed by atoms with van der Waals surface area (Å²) in [5, 5.41) is 0.919. The lowest BCUT2D eigenvalue weighted by Gasteiger charge is -2.26. The van der Waals surface area contributed by atoms with Gasteiger partial charge in [0, 0.05) is 31.8 Å². The van der Waals surface area contributed by atoms with Gasteiger partial charge in [-0.15, -0.1) is 0 Å². The summed E-state index contributed by atoms with van der Waals surface area (Å²) in [6.45, 7) is 5.15. The Kier molecular flexibility index (Phi) is 6.32. The molecule has 144 valence electrons. The number of hydrogen-bond acceptors (Lipinski definition) is 5. The molecule has 2 aromatic rings. The Balaban J connectivity index is 2.47. The summed E-state index contributed by atoms with van der Waals surface area (Å²) in [5.41, 5.74) is 2.74. The van der Waals surface area contributed by atoms with E-state index in [1.54, 1.807) is 18.2 Å². The predicted octanol–water partition coefficient (Wildman–Crippen LogP) is 3.17. The van der Waals surface area contributed by atoms with Gasteiger partial charge in [0.05, 0.1) is 16.8 Å². The first-order chi connectivity index (χ1) is 12.6. The molecule has 1 aromatic heterocycles. The lowest BCUT2D eigenvalue weighted by Crippen LogP contribution is -2.26. The molecule has 0 aliphatic carbocycles. The third kappa shape index (κ3) is 5.62. The van der Waals surface area contributed by atoms with Crippen molar-refractivity contribution in [1.82, 2.24) is 9.71 Å². The minimum Gasteiger partial charge on any atom is -0.370 e. The van der Waals surface area contributed by atoms with E-state index < -0.39 is 15.9 Å². The number of rotatable bonds is 6. The molecule has 0 bridgehead atoms. The van der Waals surface area contributed by atoms with Gasteiger partial charge in [0.25, 0.3) is 10.0 Å². The molecule has 0 atom stereocenters. The molecule has 1 heterocycles. The molecule has 1 aromatic carbocycles. The van der Waals surface area contributed by atoms with Crippen LogP contribution in [-0.2, 0) is 14.8 Å². The molecule has 1 N–H and O–H groups in total. The number of hydrogen-bond donors (Lipinski definition) is 1. The largest absolute Gasteiger partial charge is 0.370 e. The van der Waals surface area contributed by atoms with Gasteiger partial charge in [-0.3, -0.25) is 9.78 Å². The molecule has 0 unspecified atom stereocenters. The Morgan fingerprint density at radius 3 is 2.44 bits per heavy atom. The first kappa shape index (κ1) is 20.6. The fourth-order valence-corrected chi connectivity index (χ4v) is 3.14. The highest BCUT2D eigenvalue weighted by molar-refractivity contribution is 7.93. The molecule has 0 aliphatic rings. The number of sulfonamides is 1. The van der Waals surface area contributed by atoms with Crippen LogP contribution in [0.1, 0.15) is 26.3 Å². The summed E-state index contributed by atoms with van der Waals surface area (Å²) < 4.78 is 38.7. The van der Waals surface area contributed by atoms with E-state index in [1.807, 2.05) is 30.5 Å². The number of pyridine rings is 1. The highest BCUT2D eigenvalue weighted by atomic mass is 32.2. The van der Waals surface area contributed by atoms with Crippen LogP contribution in [0.3, 0.4) is 0 Å². The number of carbonyl (C=O) groups excluding carboxylic acids is 1. The Morgan fingerprint density at radius 1 is 1.26 bits per heavy atom. The lowest BCUT2D eigenvalue weighted by atomic mass is 10.1. The van der Waals surface area contributed by atoms with E-state index >= 15 is 0 Å². The molecule has 0 saturated carbocycles. The maximum Gasteiger partial charge on any atom is 0.257 e. The Hall–Kier alpha value is -2.74. The molecule has 27 heavy (non-hydrogen) atoms. The fraction of sp³-hybridized carbons (Fsp3) is 0.263. The van der Waals surface area contributed by atoms with Crippen LogP contribution in [0.5, 0.6) is 0 Å². The van der Waals surface area contributed by atoms with Crippen molar-refractivity contribution < 1.29 is 17.6 Å². The van der Waals surface area contributed by atoms with Gasteiger partial charge in [-0.1, -0.05) is 0 Å². The van der Waals surface area contributed by atoms with E-state index in [0.717, 1.165) is 23.6 Å². The van der Waals surface area contributed by atoms with Crippen molar-refractivity contribution in [2.75, 3.05) is 11.9 Å². The Bertz CT molecular complexity index is 955. The van der Waals surface area contributed by atoms with E-state index in [-0.39, 0.29) is 11.9 Å². The van der Waals surface area contributed by atoms with Crippen molar-refractivity contribution >= 4 is 27.7 Å². The van der Waals surface area contributed by atoms with Gasteiger partial charge < -0.3 is 4.90 Å². The second-order valence-corrected chi connectivity index (χ2v) is 7.92. The van der Waals surface area contributed by atoms with E-state index in [2.05, 4.69) is 4.98 Å². The van der Waals surface area contributed by atoms with Gasteiger partial charge in [-0.05, 0) is 55.8 Å². The normalized spacial score (nSPS) is 11.8. The van der Waals surface area contributed by atoms with Crippen LogP contribution in [0.25, 0.3) is 17.3 Å². The molecule has 0 aliphatic heterocycles. The van der Waals surface area contributed by atoms with Crippen LogP contribution in [0.2, 0.25) is 0 Å². The number of halogens is 1. The van der Waals surface area contributed by atoms with E-state index in [9.17, 15) is 17.6 Å². The summed E-state index contributed by atoms with van der Waals surface area (Å²) in [6, 6.07) is 7.98. The van der Waals surface area contributed by atoms with Crippen molar-refractivity contribution in [2.45, 2.75) is 26.8 Å². The topological polar surface area (TPSA) is 79.4 Å². The van der Waals surface area contributed by atoms with E-state index in [1.165, 1.54) is 24.4 Å². The van der Waals surface area contributed by atoms with Crippen LogP contribution in [-0.4, -0.2) is 32.4 Å². The standard InChI is InChI=1S/C19H22FN3O3S/c1-13(2)23(4)18-11-15(9-10-27(25,26)22-14(3)24)12-21-19(18)16-5-7-17(20)8-6-16/h5-13H,1-4H3,(H,22,24). The molecule has 0 saturated heterocycles. The van der Waals surface area contributed by atoms with Crippen LogP contribution >= 0.6 is 0 Å². The number of benzene rings is 1. The summed E-state index contributed by atoms with van der Waals surface area (Å²) in [6.07, 6.45) is 2.89. The Morgan fingerprint density at radius 2 is 1.89 bits per heavy atom. The number of aromatic nitrogens is 1. The summed E-state index contributed by atoms with van der Waals surface area (Å²) in [4.78, 5) is 17.4. The number of amides is 1. The van der Waals surface area contributed by atoms with Crippen molar-refractivity contribution in [3.63, 3.8) is 0 Å². The van der Waals surface area contributed by atoms with E-state index in [0.29, 0.717) is 11.3 Å². The second kappa shape index (κ2) is 8.30. The van der Waals surface area contributed by atoms with Gasteiger partial charge in [0.15, 0.2) is 0 Å². The van der Waals surface area contributed by atoms with Gasteiger partial charge in [0.1, 0.15) is 5.82 Å².